The van der Waals surface area contributed by atoms with Crippen LogP contribution in [0.2, 0.25) is 0 Å². The Balaban J connectivity index is 2.66. The van der Waals surface area contributed by atoms with Crippen LogP contribution >= 0.6 is 0 Å². The van der Waals surface area contributed by atoms with Gasteiger partial charge in [0.05, 0.1) is 24.9 Å². The third-order valence-electron chi connectivity index (χ3n) is 3.90. The van der Waals surface area contributed by atoms with Crippen LogP contribution in [0.5, 0.6) is 0 Å². The Morgan fingerprint density at radius 3 is 2.55 bits per heavy atom. The van der Waals surface area contributed by atoms with Gasteiger partial charge in [0.1, 0.15) is 0 Å². The van der Waals surface area contributed by atoms with Gasteiger partial charge in [-0.15, -0.1) is 0 Å². The molecule has 0 unspecified atom stereocenters. The Kier molecular flexibility index (Phi) is 6.81. The van der Waals surface area contributed by atoms with E-state index < -0.39 is 0 Å². The van der Waals surface area contributed by atoms with Crippen LogP contribution in [-0.2, 0) is 17.8 Å². The zero-order valence-electron chi connectivity index (χ0n) is 14.4. The van der Waals surface area contributed by atoms with E-state index in [1.54, 1.807) is 0 Å². The highest BCUT2D eigenvalue weighted by atomic mass is 16.3. The summed E-state index contributed by atoms with van der Waals surface area (Å²) in [6.07, 6.45) is 1.07. The van der Waals surface area contributed by atoms with Crippen molar-refractivity contribution in [3.05, 3.63) is 29.1 Å². The van der Waals surface area contributed by atoms with Crippen molar-refractivity contribution in [1.29, 1.82) is 0 Å². The second-order valence-electron chi connectivity index (χ2n) is 6.36. The lowest BCUT2D eigenvalue weighted by atomic mass is 10.0. The number of allylic oxidation sites excluding steroid dienone is 1. The molecule has 1 atom stereocenters. The molecule has 1 amide bonds. The maximum absolute atomic E-state index is 12.0. The number of hydrogen-bond donors (Lipinski definition) is 2. The molecule has 1 aromatic rings. The maximum Gasteiger partial charge on any atom is 0.220 e. The van der Waals surface area contributed by atoms with E-state index in [9.17, 15) is 9.90 Å². The zero-order valence-corrected chi connectivity index (χ0v) is 14.4. The average molecular weight is 307 g/mol. The molecule has 0 aliphatic rings. The Labute approximate surface area is 133 Å². The van der Waals surface area contributed by atoms with Gasteiger partial charge in [-0.1, -0.05) is 26.0 Å². The fourth-order valence-electron chi connectivity index (χ4n) is 2.45. The number of carbonyl (C=O) groups is 1. The second kappa shape index (κ2) is 8.13. The molecule has 0 aliphatic heterocycles. The molecule has 5 heteroatoms. The second-order valence-corrected chi connectivity index (χ2v) is 6.36. The van der Waals surface area contributed by atoms with Crippen molar-refractivity contribution in [2.24, 2.45) is 5.92 Å². The molecule has 1 rings (SSSR count). The highest BCUT2D eigenvalue weighted by Crippen LogP contribution is 2.16. The molecule has 22 heavy (non-hydrogen) atoms. The number of nitrogens with zero attached hydrogens (tertiary/aromatic N) is 2. The van der Waals surface area contributed by atoms with Crippen molar-refractivity contribution in [3.63, 3.8) is 0 Å². The Morgan fingerprint density at radius 1 is 1.41 bits per heavy atom. The van der Waals surface area contributed by atoms with Crippen LogP contribution < -0.4 is 5.32 Å². The van der Waals surface area contributed by atoms with Gasteiger partial charge in [-0.25, -0.2) is 0 Å². The number of aromatic nitrogens is 2. The standard InChI is InChI=1S/C17H29N3O2/c1-11(2)9-20-14(6)15(13(5)19-20)7-8-17(22)18-16(10-21)12(3)4/h12,16,21H,1,7-10H2,2-6H3,(H,18,22)/t16-/m1/s1. The number of rotatable bonds is 8. The van der Waals surface area contributed by atoms with Gasteiger partial charge in [0.2, 0.25) is 5.91 Å². The van der Waals surface area contributed by atoms with Crippen molar-refractivity contribution in [2.75, 3.05) is 6.61 Å². The first-order valence-corrected chi connectivity index (χ1v) is 7.83. The summed E-state index contributed by atoms with van der Waals surface area (Å²) < 4.78 is 1.94. The summed E-state index contributed by atoms with van der Waals surface area (Å²) in [7, 11) is 0. The molecular weight excluding hydrogens is 278 g/mol. The minimum absolute atomic E-state index is 0.0285. The number of amides is 1. The van der Waals surface area contributed by atoms with Gasteiger partial charge < -0.3 is 10.4 Å². The number of nitrogens with one attached hydrogen (secondary N) is 1. The summed E-state index contributed by atoms with van der Waals surface area (Å²) in [5, 5.41) is 16.7. The van der Waals surface area contributed by atoms with Gasteiger partial charge >= 0.3 is 0 Å². The first-order chi connectivity index (χ1) is 10.3. The Morgan fingerprint density at radius 2 is 2.05 bits per heavy atom. The predicted octanol–water partition coefficient (Wildman–Crippen LogP) is 2.14. The molecule has 1 aromatic heterocycles. The summed E-state index contributed by atoms with van der Waals surface area (Å²) in [4.78, 5) is 12.0. The number of hydrogen-bond acceptors (Lipinski definition) is 3. The predicted molar refractivity (Wildman–Crippen MR) is 88.7 cm³/mol. The van der Waals surface area contributed by atoms with E-state index in [1.165, 1.54) is 0 Å². The Hall–Kier alpha value is -1.62. The molecule has 0 spiro atoms. The van der Waals surface area contributed by atoms with Crippen LogP contribution in [0.25, 0.3) is 0 Å². The molecule has 1 heterocycles. The Bertz CT molecular complexity index is 532. The summed E-state index contributed by atoms with van der Waals surface area (Å²) in [6, 6.07) is -0.180. The molecule has 0 aliphatic carbocycles. The lowest BCUT2D eigenvalue weighted by Crippen LogP contribution is -2.41. The summed E-state index contributed by atoms with van der Waals surface area (Å²) in [6.45, 7) is 14.5. The molecule has 124 valence electrons. The van der Waals surface area contributed by atoms with Gasteiger partial charge in [0, 0.05) is 12.1 Å². The molecule has 2 N–H and O–H groups in total. The van der Waals surface area contributed by atoms with Gasteiger partial charge in [-0.05, 0) is 38.7 Å². The van der Waals surface area contributed by atoms with Crippen molar-refractivity contribution in [3.8, 4) is 0 Å². The van der Waals surface area contributed by atoms with Crippen LogP contribution in [0.4, 0.5) is 0 Å². The highest BCUT2D eigenvalue weighted by Gasteiger charge is 2.17. The lowest BCUT2D eigenvalue weighted by Gasteiger charge is -2.19. The van der Waals surface area contributed by atoms with E-state index in [-0.39, 0.29) is 24.5 Å². The van der Waals surface area contributed by atoms with Crippen LogP contribution in [0.3, 0.4) is 0 Å². The minimum atomic E-state index is -0.180. The van der Waals surface area contributed by atoms with Gasteiger partial charge in [-0.3, -0.25) is 9.48 Å². The van der Waals surface area contributed by atoms with Gasteiger partial charge in [-0.2, -0.15) is 5.10 Å². The highest BCUT2D eigenvalue weighted by molar-refractivity contribution is 5.76. The first-order valence-electron chi connectivity index (χ1n) is 7.83. The third-order valence-corrected chi connectivity index (χ3v) is 3.90. The lowest BCUT2D eigenvalue weighted by molar-refractivity contribution is -0.122. The maximum atomic E-state index is 12.0. The van der Waals surface area contributed by atoms with Crippen LogP contribution in [0, 0.1) is 19.8 Å². The molecule has 5 nitrogen and oxygen atoms in total. The normalized spacial score (nSPS) is 12.5. The molecule has 0 aromatic carbocycles. The number of aliphatic hydroxyl groups is 1. The fourth-order valence-corrected chi connectivity index (χ4v) is 2.45. The summed E-state index contributed by atoms with van der Waals surface area (Å²) in [5.74, 6) is 0.190. The number of aliphatic hydroxyl groups excluding tert-OH is 1. The van der Waals surface area contributed by atoms with E-state index >= 15 is 0 Å². The third kappa shape index (κ3) is 4.98. The number of aryl methyl sites for hydroxylation is 1. The molecule has 0 saturated heterocycles. The van der Waals surface area contributed by atoms with E-state index in [0.29, 0.717) is 19.4 Å². The van der Waals surface area contributed by atoms with Gasteiger partial charge in [0.15, 0.2) is 0 Å². The van der Waals surface area contributed by atoms with E-state index in [2.05, 4.69) is 17.0 Å². The molecular formula is C17H29N3O2. The molecule has 0 bridgehead atoms. The number of carbonyl (C=O) groups excluding carboxylic acids is 1. The molecule has 0 fully saturated rings. The van der Waals surface area contributed by atoms with Crippen LogP contribution in [0.1, 0.15) is 44.1 Å². The smallest absolute Gasteiger partial charge is 0.220 e. The molecule has 0 saturated carbocycles. The van der Waals surface area contributed by atoms with Crippen molar-refractivity contribution >= 4 is 5.91 Å². The first kappa shape index (κ1) is 18.4. The molecule has 0 radical (unpaired) electrons. The minimum Gasteiger partial charge on any atom is -0.394 e. The largest absolute Gasteiger partial charge is 0.394 e. The quantitative estimate of drug-likeness (QED) is 0.723. The van der Waals surface area contributed by atoms with E-state index in [0.717, 1.165) is 22.5 Å². The summed E-state index contributed by atoms with van der Waals surface area (Å²) >= 11 is 0. The zero-order chi connectivity index (χ0) is 16.9. The average Bonchev–Trinajstić information content (AvgIpc) is 2.67. The summed E-state index contributed by atoms with van der Waals surface area (Å²) in [5.41, 5.74) is 4.24. The van der Waals surface area contributed by atoms with Crippen LogP contribution in [-0.4, -0.2) is 33.4 Å². The van der Waals surface area contributed by atoms with Gasteiger partial charge in [0.25, 0.3) is 0 Å². The van der Waals surface area contributed by atoms with Crippen LogP contribution in [0.15, 0.2) is 12.2 Å². The van der Waals surface area contributed by atoms with Crippen molar-refractivity contribution in [1.82, 2.24) is 15.1 Å². The SMILES string of the molecule is C=C(C)Cn1nc(C)c(CCC(=O)N[C@H](CO)C(C)C)c1C. The van der Waals surface area contributed by atoms with Crippen molar-refractivity contribution in [2.45, 2.75) is 60.0 Å². The topological polar surface area (TPSA) is 67.2 Å². The van der Waals surface area contributed by atoms with E-state index in [1.807, 2.05) is 39.3 Å². The van der Waals surface area contributed by atoms with E-state index in [4.69, 9.17) is 0 Å². The fraction of sp³-hybridized carbons (Fsp3) is 0.647. The van der Waals surface area contributed by atoms with Crippen molar-refractivity contribution < 1.29 is 9.90 Å². The monoisotopic (exact) mass is 307 g/mol.